The predicted octanol–water partition coefficient (Wildman–Crippen LogP) is 5.15. The standard InChI is InChI=1S/C43H68N2O10/c1-9-28(4)36(47)26-38(33(44)23-31-19-21-35(46)39(24-31)53-8)54-42(50)34-17-13-14-22-45(34)41(49)40(48)43(51)30(6)18-20-32(55-43)25-37(52-7)29(5)16-12-10-11-15-27(2)3/h9-12,15-16,27-28,30-35,37-39,46,51H,1,13-14,17-26,44H2,2-8H3/b12-10+,15-11+,29-16+/t28-,30-,31+,32+,33-,34+,35-,37+,38+,39-,43-/m1/s1. The number of carbonyl (C=O) groups excluding carboxylic acids is 4. The minimum atomic E-state index is -2.39. The first-order chi connectivity index (χ1) is 26.1. The molecule has 3 fully saturated rings. The van der Waals surface area contributed by atoms with Crippen LogP contribution in [0.5, 0.6) is 0 Å². The Morgan fingerprint density at radius 1 is 1.02 bits per heavy atom. The lowest BCUT2D eigenvalue weighted by atomic mass is 9.80. The Hall–Kier alpha value is -3.00. The van der Waals surface area contributed by atoms with Gasteiger partial charge in [0.15, 0.2) is 0 Å². The first-order valence-electron chi connectivity index (χ1n) is 20.2. The van der Waals surface area contributed by atoms with Crippen LogP contribution in [0.1, 0.15) is 105 Å². The number of Topliss-reactive ketones (excluding diaryl/α,β-unsaturated/α-hetero) is 2. The van der Waals surface area contributed by atoms with Crippen molar-refractivity contribution in [1.29, 1.82) is 0 Å². The maximum Gasteiger partial charge on any atom is 0.329 e. The highest BCUT2D eigenvalue weighted by atomic mass is 16.6. The van der Waals surface area contributed by atoms with Gasteiger partial charge in [-0.25, -0.2) is 4.79 Å². The molecule has 4 N–H and O–H groups in total. The van der Waals surface area contributed by atoms with Gasteiger partial charge in [-0.05, 0) is 82.1 Å². The van der Waals surface area contributed by atoms with E-state index in [1.807, 2.05) is 31.2 Å². The molecule has 0 spiro atoms. The largest absolute Gasteiger partial charge is 0.459 e. The molecule has 1 amide bonds. The average Bonchev–Trinajstić information content (AvgIpc) is 3.17. The third-order valence-electron chi connectivity index (χ3n) is 11.6. The number of esters is 1. The van der Waals surface area contributed by atoms with Gasteiger partial charge in [-0.3, -0.25) is 14.4 Å². The maximum absolute atomic E-state index is 14.0. The second-order valence-corrected chi connectivity index (χ2v) is 16.2. The number of rotatable bonds is 19. The quantitative estimate of drug-likeness (QED) is 0.0686. The first kappa shape index (κ1) is 46.4. The summed E-state index contributed by atoms with van der Waals surface area (Å²) < 4.78 is 23.3. The van der Waals surface area contributed by atoms with Crippen molar-refractivity contribution in [3.05, 3.63) is 48.6 Å². The number of hydrogen-bond acceptors (Lipinski definition) is 11. The number of allylic oxidation sites excluding steroid dienone is 6. The number of amides is 1. The Balaban J connectivity index is 1.75. The van der Waals surface area contributed by atoms with Crippen LogP contribution in [-0.2, 0) is 38.1 Å². The van der Waals surface area contributed by atoms with Crippen molar-refractivity contribution in [2.24, 2.45) is 29.4 Å². The molecule has 2 saturated heterocycles. The van der Waals surface area contributed by atoms with E-state index in [1.165, 1.54) is 11.0 Å². The molecule has 0 unspecified atom stereocenters. The lowest BCUT2D eigenvalue weighted by Gasteiger charge is -2.42. The van der Waals surface area contributed by atoms with E-state index in [1.54, 1.807) is 28.1 Å². The first-order valence-corrected chi connectivity index (χ1v) is 20.2. The minimum Gasteiger partial charge on any atom is -0.459 e. The van der Waals surface area contributed by atoms with Crippen molar-refractivity contribution < 1.29 is 48.3 Å². The highest BCUT2D eigenvalue weighted by Crippen LogP contribution is 2.37. The molecule has 2 heterocycles. The Morgan fingerprint density at radius 3 is 2.40 bits per heavy atom. The van der Waals surface area contributed by atoms with Crippen LogP contribution in [0.4, 0.5) is 0 Å². The number of methoxy groups -OCH3 is 2. The summed E-state index contributed by atoms with van der Waals surface area (Å²) in [6.07, 6.45) is 13.5. The molecule has 11 atom stereocenters. The molecular formula is C43H68N2O10. The zero-order chi connectivity index (χ0) is 40.9. The van der Waals surface area contributed by atoms with E-state index in [9.17, 15) is 29.4 Å². The van der Waals surface area contributed by atoms with E-state index in [0.717, 1.165) is 5.57 Å². The minimum absolute atomic E-state index is 0.0804. The van der Waals surface area contributed by atoms with Crippen LogP contribution >= 0.6 is 0 Å². The zero-order valence-corrected chi connectivity index (χ0v) is 34.2. The van der Waals surface area contributed by atoms with Gasteiger partial charge in [-0.1, -0.05) is 64.2 Å². The molecule has 1 aliphatic carbocycles. The van der Waals surface area contributed by atoms with Crippen molar-refractivity contribution in [2.75, 3.05) is 20.8 Å². The van der Waals surface area contributed by atoms with Gasteiger partial charge in [0, 0.05) is 51.5 Å². The molecule has 1 saturated carbocycles. The summed E-state index contributed by atoms with van der Waals surface area (Å²) in [5.41, 5.74) is 7.61. The van der Waals surface area contributed by atoms with Crippen LogP contribution in [0.2, 0.25) is 0 Å². The molecule has 12 nitrogen and oxygen atoms in total. The molecule has 12 heteroatoms. The number of aliphatic hydroxyl groups excluding tert-OH is 1. The van der Waals surface area contributed by atoms with Gasteiger partial charge in [-0.2, -0.15) is 0 Å². The molecule has 0 aromatic carbocycles. The molecule has 0 radical (unpaired) electrons. The monoisotopic (exact) mass is 772 g/mol. The van der Waals surface area contributed by atoms with Gasteiger partial charge in [0.05, 0.1) is 24.4 Å². The van der Waals surface area contributed by atoms with Gasteiger partial charge >= 0.3 is 5.97 Å². The number of ether oxygens (including phenoxy) is 4. The highest BCUT2D eigenvalue weighted by Gasteiger charge is 2.53. The van der Waals surface area contributed by atoms with E-state index < -0.39 is 65.7 Å². The summed E-state index contributed by atoms with van der Waals surface area (Å²) in [4.78, 5) is 56.2. The number of hydrogen-bond donors (Lipinski definition) is 3. The fourth-order valence-corrected chi connectivity index (χ4v) is 7.80. The summed E-state index contributed by atoms with van der Waals surface area (Å²) in [7, 11) is 3.15. The van der Waals surface area contributed by atoms with Gasteiger partial charge in [0.25, 0.3) is 11.7 Å². The molecule has 0 aromatic rings. The maximum atomic E-state index is 14.0. The van der Waals surface area contributed by atoms with Gasteiger partial charge in [0.1, 0.15) is 17.9 Å². The van der Waals surface area contributed by atoms with Crippen LogP contribution in [-0.4, -0.2) is 108 Å². The van der Waals surface area contributed by atoms with Gasteiger partial charge in [-0.15, -0.1) is 6.58 Å². The summed E-state index contributed by atoms with van der Waals surface area (Å²) in [5.74, 6) is -6.12. The van der Waals surface area contributed by atoms with Crippen molar-refractivity contribution in [3.63, 3.8) is 0 Å². The van der Waals surface area contributed by atoms with Crippen LogP contribution in [0.25, 0.3) is 0 Å². The summed E-state index contributed by atoms with van der Waals surface area (Å²) in [5, 5.41) is 22.1. The van der Waals surface area contributed by atoms with Gasteiger partial charge in [0.2, 0.25) is 5.79 Å². The average molecular weight is 773 g/mol. The SMILES string of the molecule is C=C[C@@H](C)C(=O)C[C@H](OC(=O)[C@@H]1CCCCN1C(=O)C(=O)[C@]1(O)O[C@H](C[C@H](OC)/C(C)=C/C=C/C=C/C(C)C)CC[C@H]1C)[C@H](N)C[C@@H]1CC[C@@H](O)[C@H](OC)C1. The topological polar surface area (TPSA) is 175 Å². The number of nitrogens with zero attached hydrogens (tertiary/aromatic N) is 1. The van der Waals surface area contributed by atoms with Crippen LogP contribution in [0.3, 0.4) is 0 Å². The molecule has 0 aromatic heterocycles. The van der Waals surface area contributed by atoms with E-state index in [0.29, 0.717) is 63.7 Å². The van der Waals surface area contributed by atoms with Crippen LogP contribution in [0.15, 0.2) is 48.6 Å². The molecule has 3 rings (SSSR count). The second kappa shape index (κ2) is 22.1. The van der Waals surface area contributed by atoms with E-state index >= 15 is 0 Å². The number of ketones is 2. The summed E-state index contributed by atoms with van der Waals surface area (Å²) in [6.45, 7) is 13.4. The summed E-state index contributed by atoms with van der Waals surface area (Å²) in [6, 6.07) is -1.82. The van der Waals surface area contributed by atoms with Gasteiger partial charge < -0.3 is 39.8 Å². The Labute approximate surface area is 328 Å². The lowest BCUT2D eigenvalue weighted by Crippen LogP contribution is -2.61. The number of nitrogens with two attached hydrogens (primary N) is 1. The Kier molecular flexibility index (Phi) is 18.6. The molecule has 310 valence electrons. The molecule has 3 aliphatic rings. The normalized spacial score (nSPS) is 30.2. The highest BCUT2D eigenvalue weighted by molar-refractivity contribution is 6.39. The third kappa shape index (κ3) is 13.0. The molecular weight excluding hydrogens is 704 g/mol. The third-order valence-corrected chi connectivity index (χ3v) is 11.6. The van der Waals surface area contributed by atoms with Crippen molar-refractivity contribution in [3.8, 4) is 0 Å². The van der Waals surface area contributed by atoms with E-state index in [2.05, 4.69) is 26.5 Å². The zero-order valence-electron chi connectivity index (χ0n) is 34.2. The van der Waals surface area contributed by atoms with E-state index in [4.69, 9.17) is 24.7 Å². The van der Waals surface area contributed by atoms with Crippen molar-refractivity contribution >= 4 is 23.4 Å². The summed E-state index contributed by atoms with van der Waals surface area (Å²) >= 11 is 0. The Bertz CT molecular complexity index is 1390. The number of carbonyl (C=O) groups is 4. The smallest absolute Gasteiger partial charge is 0.329 e. The second-order valence-electron chi connectivity index (χ2n) is 16.2. The van der Waals surface area contributed by atoms with Crippen LogP contribution < -0.4 is 5.73 Å². The number of likely N-dealkylation sites (tertiary alicyclic amines) is 1. The number of piperidine rings is 1. The van der Waals surface area contributed by atoms with Crippen molar-refractivity contribution in [2.45, 2.75) is 154 Å². The fourth-order valence-electron chi connectivity index (χ4n) is 7.80. The number of aliphatic hydroxyl groups is 2. The lowest BCUT2D eigenvalue weighted by molar-refractivity contribution is -0.265. The van der Waals surface area contributed by atoms with Crippen LogP contribution in [0, 0.1) is 23.7 Å². The predicted molar refractivity (Wildman–Crippen MR) is 210 cm³/mol. The molecule has 2 aliphatic heterocycles. The Morgan fingerprint density at radius 2 is 1.75 bits per heavy atom. The fraction of sp³-hybridized carbons (Fsp3) is 0.721. The molecule has 0 bridgehead atoms. The molecule has 55 heavy (non-hydrogen) atoms. The van der Waals surface area contributed by atoms with E-state index in [-0.39, 0.29) is 43.3 Å². The van der Waals surface area contributed by atoms with Crippen molar-refractivity contribution in [1.82, 2.24) is 4.90 Å².